The van der Waals surface area contributed by atoms with Crippen LogP contribution in [0.15, 0.2) is 48.6 Å². The second kappa shape index (κ2) is 6.66. The van der Waals surface area contributed by atoms with Gasteiger partial charge >= 0.3 is 0 Å². The van der Waals surface area contributed by atoms with Crippen LogP contribution in [-0.4, -0.2) is 0 Å². The van der Waals surface area contributed by atoms with Crippen molar-refractivity contribution in [2.75, 3.05) is 0 Å². The molecule has 0 aromatic carbocycles. The summed E-state index contributed by atoms with van der Waals surface area (Å²) in [6.07, 6.45) is 22.5. The van der Waals surface area contributed by atoms with Gasteiger partial charge < -0.3 is 0 Å². The van der Waals surface area contributed by atoms with Gasteiger partial charge in [-0.3, -0.25) is 0 Å². The molecule has 0 amide bonds. The molecule has 0 aromatic rings. The Kier molecular flexibility index (Phi) is 5.02. The molecule has 0 atom stereocenters. The molecule has 0 heterocycles. The number of allylic oxidation sites excluding steroid dienone is 8. The van der Waals surface area contributed by atoms with Crippen molar-refractivity contribution in [2.24, 2.45) is 0 Å². The summed E-state index contributed by atoms with van der Waals surface area (Å²) in [5, 5.41) is 0. The van der Waals surface area contributed by atoms with E-state index in [2.05, 4.69) is 55.0 Å². The van der Waals surface area contributed by atoms with Gasteiger partial charge in [-0.15, -0.1) is 0 Å². The summed E-state index contributed by atoms with van der Waals surface area (Å²) in [5.41, 5.74) is 0. The highest BCUT2D eigenvalue weighted by Gasteiger charge is 1.78. The van der Waals surface area contributed by atoms with E-state index in [4.69, 9.17) is 0 Å². The van der Waals surface area contributed by atoms with Crippen molar-refractivity contribution >= 4 is 0 Å². The maximum absolute atomic E-state index is 2.24. The summed E-state index contributed by atoms with van der Waals surface area (Å²) < 4.78 is 0. The van der Waals surface area contributed by atoms with Gasteiger partial charge in [0.05, 0.1) is 0 Å². The van der Waals surface area contributed by atoms with Gasteiger partial charge in [-0.1, -0.05) is 48.6 Å². The average molecular weight is 159 g/mol. The third kappa shape index (κ3) is 4.73. The van der Waals surface area contributed by atoms with Crippen molar-refractivity contribution in [2.45, 2.75) is 19.3 Å². The number of hydrogen-bond acceptors (Lipinski definition) is 0. The summed E-state index contributed by atoms with van der Waals surface area (Å²) in [4.78, 5) is 0. The highest BCUT2D eigenvalue weighted by molar-refractivity contribution is 5.15. The first kappa shape index (κ1) is 9.05. The molecule has 1 aliphatic rings. The van der Waals surface area contributed by atoms with Crippen LogP contribution < -0.4 is 0 Å². The second-order valence-corrected chi connectivity index (χ2v) is 2.72. The molecule has 0 unspecified atom stereocenters. The fourth-order valence-electron chi connectivity index (χ4n) is 1.01. The molecule has 0 aliphatic heterocycles. The van der Waals surface area contributed by atoms with Crippen molar-refractivity contribution < 1.29 is 0 Å². The Morgan fingerprint density at radius 2 is 1.50 bits per heavy atom. The van der Waals surface area contributed by atoms with Crippen LogP contribution in [0.3, 0.4) is 0 Å². The van der Waals surface area contributed by atoms with Crippen LogP contribution >= 0.6 is 0 Å². The Morgan fingerprint density at radius 1 is 0.583 bits per heavy atom. The SMILES string of the molecule is [CH]1/C=C\C=C\C/C=C/CC/C=C/1. The van der Waals surface area contributed by atoms with E-state index in [1.54, 1.807) is 0 Å². The van der Waals surface area contributed by atoms with Crippen molar-refractivity contribution in [1.82, 2.24) is 0 Å². The van der Waals surface area contributed by atoms with Gasteiger partial charge in [0.15, 0.2) is 0 Å². The molecule has 1 radical (unpaired) electrons. The lowest BCUT2D eigenvalue weighted by atomic mass is 10.2. The Balaban J connectivity index is 2.41. The normalized spacial score (nSPS) is 29.3. The molecule has 0 heteroatoms. The van der Waals surface area contributed by atoms with Crippen LogP contribution in [-0.2, 0) is 0 Å². The highest BCUT2D eigenvalue weighted by Crippen LogP contribution is 1.98. The largest absolute Gasteiger partial charge is 0.0879 e. The van der Waals surface area contributed by atoms with E-state index in [0.717, 1.165) is 19.3 Å². The van der Waals surface area contributed by atoms with Crippen LogP contribution in [0.5, 0.6) is 0 Å². The number of rotatable bonds is 0. The first-order chi connectivity index (χ1) is 6.00. The predicted molar refractivity (Wildman–Crippen MR) is 54.7 cm³/mol. The Morgan fingerprint density at radius 3 is 2.50 bits per heavy atom. The van der Waals surface area contributed by atoms with Crippen molar-refractivity contribution in [3.05, 3.63) is 55.0 Å². The third-order valence-corrected chi connectivity index (χ3v) is 1.66. The van der Waals surface area contributed by atoms with E-state index in [0.29, 0.717) is 0 Å². The fourth-order valence-corrected chi connectivity index (χ4v) is 1.01. The van der Waals surface area contributed by atoms with Gasteiger partial charge in [0.2, 0.25) is 0 Å². The lowest BCUT2D eigenvalue weighted by Crippen LogP contribution is -1.68. The predicted octanol–water partition coefficient (Wildman–Crippen LogP) is 3.60. The molecule has 0 nitrogen and oxygen atoms in total. The molecule has 0 fully saturated rings. The first-order valence-electron chi connectivity index (χ1n) is 4.47. The van der Waals surface area contributed by atoms with E-state index in [1.165, 1.54) is 0 Å². The average Bonchev–Trinajstić information content (AvgIpc) is 2.05. The molecule has 0 saturated heterocycles. The zero-order valence-corrected chi connectivity index (χ0v) is 7.32. The van der Waals surface area contributed by atoms with Gasteiger partial charge in [-0.05, 0) is 19.3 Å². The summed E-state index contributed by atoms with van der Waals surface area (Å²) >= 11 is 0. The highest BCUT2D eigenvalue weighted by atomic mass is 13.8. The van der Waals surface area contributed by atoms with Crippen molar-refractivity contribution in [3.8, 4) is 0 Å². The maximum Gasteiger partial charge on any atom is 0.00473 e. The minimum atomic E-state index is 1.05. The van der Waals surface area contributed by atoms with Gasteiger partial charge in [-0.2, -0.15) is 0 Å². The topological polar surface area (TPSA) is 0 Å². The zero-order chi connectivity index (χ0) is 8.49. The molecule has 0 saturated carbocycles. The van der Waals surface area contributed by atoms with Gasteiger partial charge in [0, 0.05) is 6.42 Å². The smallest absolute Gasteiger partial charge is 0.00473 e. The minimum absolute atomic E-state index is 1.05. The van der Waals surface area contributed by atoms with Crippen LogP contribution in [0.25, 0.3) is 0 Å². The zero-order valence-electron chi connectivity index (χ0n) is 7.32. The standard InChI is InChI=1S/C12H15/c1-2-4-6-8-10-12-11-9-7-5-3-1/h1-7,10,12H,8-9,11H2/b2-1-,6-4+,7-5+,12-10+. The van der Waals surface area contributed by atoms with Gasteiger partial charge in [0.1, 0.15) is 0 Å². The number of hydrogen-bond donors (Lipinski definition) is 0. The summed E-state index contributed by atoms with van der Waals surface area (Å²) in [7, 11) is 0. The van der Waals surface area contributed by atoms with Crippen LogP contribution in [0.4, 0.5) is 0 Å². The van der Waals surface area contributed by atoms with Crippen LogP contribution in [0.1, 0.15) is 19.3 Å². The Hall–Kier alpha value is -1.04. The van der Waals surface area contributed by atoms with E-state index >= 15 is 0 Å². The lowest BCUT2D eigenvalue weighted by molar-refractivity contribution is 1.04. The van der Waals surface area contributed by atoms with E-state index in [-0.39, 0.29) is 0 Å². The molecule has 0 N–H and O–H groups in total. The minimum Gasteiger partial charge on any atom is -0.0879 e. The molecule has 63 valence electrons. The van der Waals surface area contributed by atoms with Crippen molar-refractivity contribution in [3.63, 3.8) is 0 Å². The molecule has 0 spiro atoms. The molecule has 1 aliphatic carbocycles. The monoisotopic (exact) mass is 159 g/mol. The molecule has 0 bridgehead atoms. The fraction of sp³-hybridized carbons (Fsp3) is 0.250. The second-order valence-electron chi connectivity index (χ2n) is 2.72. The Labute approximate surface area is 75.0 Å². The van der Waals surface area contributed by atoms with E-state index in [1.807, 2.05) is 0 Å². The van der Waals surface area contributed by atoms with E-state index < -0.39 is 0 Å². The molecular weight excluding hydrogens is 144 g/mol. The summed E-state index contributed by atoms with van der Waals surface area (Å²) in [5.74, 6) is 0. The van der Waals surface area contributed by atoms with Crippen LogP contribution in [0, 0.1) is 6.42 Å². The van der Waals surface area contributed by atoms with Gasteiger partial charge in [0.25, 0.3) is 0 Å². The molecular formula is C12H15. The summed E-state index contributed by atoms with van der Waals surface area (Å²) in [6.45, 7) is 0. The maximum atomic E-state index is 2.24. The molecule has 1 rings (SSSR count). The lowest BCUT2D eigenvalue weighted by Gasteiger charge is -1.88. The van der Waals surface area contributed by atoms with Gasteiger partial charge in [-0.25, -0.2) is 0 Å². The Bertz CT molecular complexity index is 180. The van der Waals surface area contributed by atoms with Crippen LogP contribution in [0.2, 0.25) is 0 Å². The molecule has 0 aromatic heterocycles. The first-order valence-corrected chi connectivity index (χ1v) is 4.47. The molecule has 12 heavy (non-hydrogen) atoms. The summed E-state index contributed by atoms with van der Waals surface area (Å²) in [6, 6.07) is 0. The van der Waals surface area contributed by atoms with Crippen molar-refractivity contribution in [1.29, 1.82) is 0 Å². The quantitative estimate of drug-likeness (QED) is 0.474. The van der Waals surface area contributed by atoms with E-state index in [9.17, 15) is 0 Å². The third-order valence-electron chi connectivity index (χ3n) is 1.66.